The van der Waals surface area contributed by atoms with E-state index in [-0.39, 0.29) is 23.8 Å². The van der Waals surface area contributed by atoms with Crippen molar-refractivity contribution < 1.29 is 14.0 Å². The highest BCUT2D eigenvalue weighted by atomic mass is 19.1. The quantitative estimate of drug-likeness (QED) is 0.584. The lowest BCUT2D eigenvalue weighted by atomic mass is 9.89. The summed E-state index contributed by atoms with van der Waals surface area (Å²) in [6, 6.07) is 6.08. The third-order valence-corrected chi connectivity index (χ3v) is 4.61. The van der Waals surface area contributed by atoms with Crippen molar-refractivity contribution in [3.63, 3.8) is 0 Å². The molecule has 3 nitrogen and oxygen atoms in total. The largest absolute Gasteiger partial charge is 0.294 e. The smallest absolute Gasteiger partial charge is 0.163 e. The van der Waals surface area contributed by atoms with Gasteiger partial charge in [-0.3, -0.25) is 14.6 Å². The average molecular weight is 391 g/mol. The summed E-state index contributed by atoms with van der Waals surface area (Å²) in [6.45, 7) is 13.0. The Hall–Kier alpha value is -3.14. The Kier molecular flexibility index (Phi) is 7.54. The van der Waals surface area contributed by atoms with Gasteiger partial charge in [0.1, 0.15) is 5.82 Å². The second-order valence-corrected chi connectivity index (χ2v) is 7.39. The molecular formula is C25H26FNO2. The molecule has 1 heterocycles. The Balaban J connectivity index is 2.33. The molecule has 0 fully saturated rings. The van der Waals surface area contributed by atoms with Gasteiger partial charge >= 0.3 is 0 Å². The Morgan fingerprint density at radius 3 is 2.52 bits per heavy atom. The van der Waals surface area contributed by atoms with Gasteiger partial charge in [0, 0.05) is 29.7 Å². The van der Waals surface area contributed by atoms with E-state index >= 15 is 0 Å². The molecule has 0 saturated carbocycles. The van der Waals surface area contributed by atoms with E-state index in [2.05, 4.69) is 18.2 Å². The van der Waals surface area contributed by atoms with Crippen molar-refractivity contribution in [2.75, 3.05) is 0 Å². The molecule has 0 bridgehead atoms. The van der Waals surface area contributed by atoms with Crippen LogP contribution in [0.15, 0.2) is 89.1 Å². The lowest BCUT2D eigenvalue weighted by Crippen LogP contribution is -2.17. The summed E-state index contributed by atoms with van der Waals surface area (Å²) in [5, 5.41) is 0. The third kappa shape index (κ3) is 6.18. The Morgan fingerprint density at radius 2 is 1.90 bits per heavy atom. The van der Waals surface area contributed by atoms with E-state index in [9.17, 15) is 14.0 Å². The molecule has 1 aromatic rings. The first-order valence-electron chi connectivity index (χ1n) is 9.48. The number of rotatable bonds is 6. The lowest BCUT2D eigenvalue weighted by Gasteiger charge is -2.14. The average Bonchev–Trinajstić information content (AvgIpc) is 2.66. The summed E-state index contributed by atoms with van der Waals surface area (Å²) in [5.74, 6) is -0.981. The van der Waals surface area contributed by atoms with E-state index < -0.39 is 5.92 Å². The zero-order valence-electron chi connectivity index (χ0n) is 17.2. The summed E-state index contributed by atoms with van der Waals surface area (Å²) >= 11 is 0. The first-order chi connectivity index (χ1) is 13.7. The monoisotopic (exact) mass is 391 g/mol. The van der Waals surface area contributed by atoms with Gasteiger partial charge in [0.25, 0.3) is 0 Å². The number of carbonyl (C=O) groups excluding carboxylic acids is 2. The highest BCUT2D eigenvalue weighted by Crippen LogP contribution is 2.23. The third-order valence-electron chi connectivity index (χ3n) is 4.61. The molecule has 0 saturated heterocycles. The Morgan fingerprint density at radius 1 is 1.24 bits per heavy atom. The highest BCUT2D eigenvalue weighted by molar-refractivity contribution is 6.09. The van der Waals surface area contributed by atoms with Crippen LogP contribution in [0.25, 0.3) is 0 Å². The maximum Gasteiger partial charge on any atom is 0.163 e. The molecule has 150 valence electrons. The van der Waals surface area contributed by atoms with Gasteiger partial charge in [0.2, 0.25) is 0 Å². The number of nitrogens with zero attached hydrogens (tertiary/aromatic N) is 1. The first kappa shape index (κ1) is 22.2. The van der Waals surface area contributed by atoms with Gasteiger partial charge in [-0.2, -0.15) is 0 Å². The predicted molar refractivity (Wildman–Crippen MR) is 116 cm³/mol. The van der Waals surface area contributed by atoms with Gasteiger partial charge in [0.15, 0.2) is 11.6 Å². The zero-order chi connectivity index (χ0) is 21.6. The standard InChI is InChI=1S/C25H26FNO2/c1-16(2)25(29)19(5)14-24(28)22-7-6-8-23(20-9-11-21(26)12-10-20)27-15-17(3)13-18(22)4/h6-12,15,19H,1,4,13-14H2,2-3,5H3/b8-6+,17-15+,22-7?,27-23+. The van der Waals surface area contributed by atoms with Crippen LogP contribution in [0, 0.1) is 11.7 Å². The molecule has 29 heavy (non-hydrogen) atoms. The maximum atomic E-state index is 13.2. The van der Waals surface area contributed by atoms with Crippen LogP contribution in [0.5, 0.6) is 0 Å². The fraction of sp³-hybridized carbons (Fsp3) is 0.240. The molecule has 0 N–H and O–H groups in total. The number of Topliss-reactive ketones (excluding diaryl/α,β-unsaturated/α-hetero) is 2. The van der Waals surface area contributed by atoms with Crippen LogP contribution in [0.3, 0.4) is 0 Å². The lowest BCUT2D eigenvalue weighted by molar-refractivity contribution is -0.123. The van der Waals surface area contributed by atoms with Crippen molar-refractivity contribution in [3.8, 4) is 0 Å². The van der Waals surface area contributed by atoms with E-state index in [1.54, 1.807) is 50.4 Å². The summed E-state index contributed by atoms with van der Waals surface area (Å²) in [7, 11) is 0. The second-order valence-electron chi connectivity index (χ2n) is 7.39. The number of hydrogen-bond acceptors (Lipinski definition) is 3. The molecule has 1 aromatic carbocycles. The topological polar surface area (TPSA) is 46.5 Å². The number of hydrogen-bond donors (Lipinski definition) is 0. The summed E-state index contributed by atoms with van der Waals surface area (Å²) in [4.78, 5) is 29.4. The Labute approximate surface area is 171 Å². The van der Waals surface area contributed by atoms with Crippen molar-refractivity contribution in [1.82, 2.24) is 0 Å². The molecule has 0 aromatic heterocycles. The van der Waals surface area contributed by atoms with Crippen molar-refractivity contribution in [3.05, 3.63) is 95.5 Å². The molecule has 1 aliphatic heterocycles. The minimum Gasteiger partial charge on any atom is -0.294 e. The van der Waals surface area contributed by atoms with Crippen molar-refractivity contribution in [2.45, 2.75) is 33.6 Å². The molecule has 1 atom stereocenters. The van der Waals surface area contributed by atoms with Crippen molar-refractivity contribution >= 4 is 17.3 Å². The maximum absolute atomic E-state index is 13.2. The summed E-state index contributed by atoms with van der Waals surface area (Å²) < 4.78 is 13.2. The second kappa shape index (κ2) is 9.87. The van der Waals surface area contributed by atoms with Crippen LogP contribution in [-0.2, 0) is 9.59 Å². The van der Waals surface area contributed by atoms with Crippen LogP contribution in [0.1, 0.15) is 39.2 Å². The molecule has 2 rings (SSSR count). The molecule has 4 heteroatoms. The summed E-state index contributed by atoms with van der Waals surface area (Å²) in [5.41, 5.74) is 4.00. The van der Waals surface area contributed by atoms with Gasteiger partial charge in [-0.05, 0) is 61.8 Å². The van der Waals surface area contributed by atoms with E-state index in [1.165, 1.54) is 12.1 Å². The van der Waals surface area contributed by atoms with Gasteiger partial charge in [0.05, 0.1) is 5.71 Å². The number of halogens is 1. The highest BCUT2D eigenvalue weighted by Gasteiger charge is 2.21. The number of benzene rings is 1. The van der Waals surface area contributed by atoms with Crippen LogP contribution in [-0.4, -0.2) is 17.3 Å². The molecular weight excluding hydrogens is 365 g/mol. The Bertz CT molecular complexity index is 959. The summed E-state index contributed by atoms with van der Waals surface area (Å²) in [6.07, 6.45) is 7.54. The van der Waals surface area contributed by atoms with Gasteiger partial charge in [-0.25, -0.2) is 4.39 Å². The van der Waals surface area contributed by atoms with Gasteiger partial charge in [-0.1, -0.05) is 37.8 Å². The number of aliphatic imine (C=N–C) groups is 1. The zero-order valence-corrected chi connectivity index (χ0v) is 17.2. The first-order valence-corrected chi connectivity index (χ1v) is 9.48. The van der Waals surface area contributed by atoms with Gasteiger partial charge < -0.3 is 0 Å². The SMILES string of the molecule is C=C(C)C(=O)C(C)CC(=O)C1=C/C=C/C(c2ccc(F)cc2)=N\C=C(/C)CC1=C. The molecule has 1 unspecified atom stereocenters. The predicted octanol–water partition coefficient (Wildman–Crippen LogP) is 5.70. The van der Waals surface area contributed by atoms with Crippen molar-refractivity contribution in [1.29, 1.82) is 0 Å². The normalized spacial score (nSPS) is 20.4. The van der Waals surface area contributed by atoms with Crippen LogP contribution in [0.2, 0.25) is 0 Å². The molecule has 0 aliphatic carbocycles. The van der Waals surface area contributed by atoms with E-state index in [0.717, 1.165) is 11.1 Å². The number of ketones is 2. The van der Waals surface area contributed by atoms with E-state index in [0.29, 0.717) is 28.9 Å². The fourth-order valence-electron chi connectivity index (χ4n) is 3.04. The van der Waals surface area contributed by atoms with Crippen molar-refractivity contribution in [2.24, 2.45) is 10.9 Å². The number of carbonyl (C=O) groups is 2. The number of allylic oxidation sites excluding steroid dienone is 7. The fourth-order valence-corrected chi connectivity index (χ4v) is 3.04. The molecule has 0 amide bonds. The van der Waals surface area contributed by atoms with Crippen LogP contribution >= 0.6 is 0 Å². The minimum absolute atomic E-state index is 0.103. The molecule has 1 aliphatic rings. The molecule has 0 spiro atoms. The van der Waals surface area contributed by atoms with E-state index in [1.807, 2.05) is 6.92 Å². The van der Waals surface area contributed by atoms with Crippen LogP contribution in [0.4, 0.5) is 4.39 Å². The van der Waals surface area contributed by atoms with Gasteiger partial charge in [-0.15, -0.1) is 0 Å². The minimum atomic E-state index is -0.430. The molecule has 0 radical (unpaired) electrons. The van der Waals surface area contributed by atoms with Crippen LogP contribution < -0.4 is 0 Å². The van der Waals surface area contributed by atoms with E-state index in [4.69, 9.17) is 0 Å².